The fraction of sp³-hybridized carbons (Fsp3) is 0. The van der Waals surface area contributed by atoms with Gasteiger partial charge in [-0.1, -0.05) is 176 Å². The average molecular weight is 716 g/mol. The first kappa shape index (κ1) is 33.2. The van der Waals surface area contributed by atoms with Crippen LogP contribution in [0.2, 0.25) is 0 Å². The number of benzene rings is 9. The number of rotatable bonds is 8. The second-order valence-corrected chi connectivity index (χ2v) is 14.1. The van der Waals surface area contributed by atoms with E-state index in [0.29, 0.717) is 0 Å². The van der Waals surface area contributed by atoms with Gasteiger partial charge in [-0.05, 0) is 104 Å². The highest BCUT2D eigenvalue weighted by Gasteiger charge is 2.17. The summed E-state index contributed by atoms with van der Waals surface area (Å²) in [5.41, 5.74) is 16.9. The van der Waals surface area contributed by atoms with Gasteiger partial charge in [0.1, 0.15) is 11.2 Å². The van der Waals surface area contributed by atoms with E-state index in [4.69, 9.17) is 4.42 Å². The number of para-hydroxylation sites is 1. The van der Waals surface area contributed by atoms with E-state index in [1.165, 1.54) is 44.5 Å². The Bertz CT molecular complexity index is 2780. The van der Waals surface area contributed by atoms with Crippen molar-refractivity contribution in [3.8, 4) is 55.6 Å². The molecule has 0 aliphatic rings. The fourth-order valence-corrected chi connectivity index (χ4v) is 7.85. The van der Waals surface area contributed by atoms with E-state index in [0.717, 1.165) is 50.1 Å². The lowest BCUT2D eigenvalue weighted by molar-refractivity contribution is 0.669. The van der Waals surface area contributed by atoms with Crippen molar-refractivity contribution in [2.45, 2.75) is 0 Å². The highest BCUT2D eigenvalue weighted by atomic mass is 16.3. The minimum atomic E-state index is 0.894. The third-order valence-corrected chi connectivity index (χ3v) is 10.7. The number of furan rings is 1. The lowest BCUT2D eigenvalue weighted by Gasteiger charge is -2.26. The van der Waals surface area contributed by atoms with Crippen LogP contribution in [-0.4, -0.2) is 0 Å². The molecule has 0 N–H and O–H groups in total. The molecule has 10 rings (SSSR count). The lowest BCUT2D eigenvalue weighted by Crippen LogP contribution is -2.10. The number of nitrogens with zero attached hydrogens (tertiary/aromatic N) is 1. The van der Waals surface area contributed by atoms with E-state index >= 15 is 0 Å². The Balaban J connectivity index is 1.03. The molecular formula is C54H37NO. The maximum Gasteiger partial charge on any atom is 0.136 e. The molecule has 0 amide bonds. The van der Waals surface area contributed by atoms with E-state index in [9.17, 15) is 0 Å². The molecule has 9 aromatic carbocycles. The number of anilines is 3. The van der Waals surface area contributed by atoms with Crippen molar-refractivity contribution in [1.29, 1.82) is 0 Å². The highest BCUT2D eigenvalue weighted by Crippen LogP contribution is 2.41. The van der Waals surface area contributed by atoms with Gasteiger partial charge in [-0.2, -0.15) is 0 Å². The molecule has 1 heterocycles. The van der Waals surface area contributed by atoms with Gasteiger partial charge in [-0.15, -0.1) is 0 Å². The van der Waals surface area contributed by atoms with Crippen LogP contribution in [0.5, 0.6) is 0 Å². The molecule has 56 heavy (non-hydrogen) atoms. The Hall–Kier alpha value is -7.42. The van der Waals surface area contributed by atoms with E-state index in [2.05, 4.69) is 217 Å². The Labute approximate surface area is 327 Å². The molecule has 0 aliphatic carbocycles. The Morgan fingerprint density at radius 2 is 0.661 bits per heavy atom. The summed E-state index contributed by atoms with van der Waals surface area (Å²) in [5.74, 6) is 0. The molecule has 2 nitrogen and oxygen atoms in total. The Morgan fingerprint density at radius 1 is 0.268 bits per heavy atom. The molecule has 10 aromatic rings. The minimum absolute atomic E-state index is 0.894. The van der Waals surface area contributed by atoms with Crippen LogP contribution in [0, 0.1) is 0 Å². The maximum absolute atomic E-state index is 6.27. The SMILES string of the molecule is c1ccc(-c2ccc(-c3ccc(N(c4ccc(-c5ccc(-c6ccccc6)cc5)cc4)c4cccc(-c5cccc6oc7ccccc7c56)c4)cc3)cc2)cc1. The number of fused-ring (bicyclic) bond motifs is 3. The largest absolute Gasteiger partial charge is 0.456 e. The van der Waals surface area contributed by atoms with Crippen molar-refractivity contribution in [3.63, 3.8) is 0 Å². The van der Waals surface area contributed by atoms with Crippen LogP contribution in [0.1, 0.15) is 0 Å². The second-order valence-electron chi connectivity index (χ2n) is 14.1. The summed E-state index contributed by atoms with van der Waals surface area (Å²) in [6, 6.07) is 80.0. The van der Waals surface area contributed by atoms with Crippen LogP contribution >= 0.6 is 0 Å². The average Bonchev–Trinajstić information content (AvgIpc) is 3.67. The second kappa shape index (κ2) is 14.4. The first-order valence-electron chi connectivity index (χ1n) is 19.1. The molecule has 0 atom stereocenters. The monoisotopic (exact) mass is 715 g/mol. The molecule has 0 saturated heterocycles. The van der Waals surface area contributed by atoms with Gasteiger partial charge in [-0.3, -0.25) is 0 Å². The van der Waals surface area contributed by atoms with E-state index < -0.39 is 0 Å². The van der Waals surface area contributed by atoms with Gasteiger partial charge in [0.25, 0.3) is 0 Å². The van der Waals surface area contributed by atoms with Crippen LogP contribution < -0.4 is 4.90 Å². The summed E-state index contributed by atoms with van der Waals surface area (Å²) in [6.45, 7) is 0. The predicted octanol–water partition coefficient (Wildman–Crippen LogP) is 15.4. The van der Waals surface area contributed by atoms with Gasteiger partial charge in [0.05, 0.1) is 0 Å². The normalized spacial score (nSPS) is 11.2. The topological polar surface area (TPSA) is 16.4 Å². The van der Waals surface area contributed by atoms with E-state index in [-0.39, 0.29) is 0 Å². The number of hydrogen-bond acceptors (Lipinski definition) is 2. The third kappa shape index (κ3) is 6.34. The van der Waals surface area contributed by atoms with Crippen LogP contribution in [0.4, 0.5) is 17.1 Å². The van der Waals surface area contributed by atoms with Gasteiger partial charge < -0.3 is 9.32 Å². The van der Waals surface area contributed by atoms with Crippen molar-refractivity contribution in [2.24, 2.45) is 0 Å². The molecule has 0 spiro atoms. The summed E-state index contributed by atoms with van der Waals surface area (Å²) in [4.78, 5) is 2.35. The first-order chi connectivity index (χ1) is 27.7. The van der Waals surface area contributed by atoms with Crippen molar-refractivity contribution >= 4 is 39.0 Å². The summed E-state index contributed by atoms with van der Waals surface area (Å²) in [6.07, 6.45) is 0. The summed E-state index contributed by atoms with van der Waals surface area (Å²) < 4.78 is 6.27. The fourth-order valence-electron chi connectivity index (χ4n) is 7.85. The van der Waals surface area contributed by atoms with Crippen LogP contribution in [0.3, 0.4) is 0 Å². The quantitative estimate of drug-likeness (QED) is 0.156. The van der Waals surface area contributed by atoms with Crippen LogP contribution in [-0.2, 0) is 0 Å². The minimum Gasteiger partial charge on any atom is -0.456 e. The van der Waals surface area contributed by atoms with Crippen LogP contribution in [0.25, 0.3) is 77.6 Å². The van der Waals surface area contributed by atoms with Crippen LogP contribution in [0.15, 0.2) is 229 Å². The van der Waals surface area contributed by atoms with E-state index in [1.807, 2.05) is 12.1 Å². The first-order valence-corrected chi connectivity index (χ1v) is 19.1. The van der Waals surface area contributed by atoms with Gasteiger partial charge in [0.15, 0.2) is 0 Å². The molecule has 2 heteroatoms. The molecule has 0 saturated carbocycles. The summed E-state index contributed by atoms with van der Waals surface area (Å²) >= 11 is 0. The van der Waals surface area contributed by atoms with E-state index in [1.54, 1.807) is 0 Å². The van der Waals surface area contributed by atoms with Crippen molar-refractivity contribution < 1.29 is 4.42 Å². The molecule has 0 unspecified atom stereocenters. The van der Waals surface area contributed by atoms with Gasteiger partial charge >= 0.3 is 0 Å². The molecular weight excluding hydrogens is 679 g/mol. The van der Waals surface area contributed by atoms with Gasteiger partial charge in [-0.25, -0.2) is 0 Å². The molecule has 1 aromatic heterocycles. The molecule has 0 fully saturated rings. The van der Waals surface area contributed by atoms with Gasteiger partial charge in [0, 0.05) is 27.8 Å². The predicted molar refractivity (Wildman–Crippen MR) is 236 cm³/mol. The summed E-state index contributed by atoms with van der Waals surface area (Å²) in [7, 11) is 0. The Morgan fingerprint density at radius 3 is 1.18 bits per heavy atom. The third-order valence-electron chi connectivity index (χ3n) is 10.7. The van der Waals surface area contributed by atoms with Crippen molar-refractivity contribution in [3.05, 3.63) is 224 Å². The lowest BCUT2D eigenvalue weighted by atomic mass is 9.98. The zero-order chi connectivity index (χ0) is 37.3. The number of hydrogen-bond donors (Lipinski definition) is 0. The molecule has 0 aliphatic heterocycles. The highest BCUT2D eigenvalue weighted by molar-refractivity contribution is 6.12. The molecule has 0 radical (unpaired) electrons. The zero-order valence-corrected chi connectivity index (χ0v) is 30.7. The molecule has 264 valence electrons. The molecule has 0 bridgehead atoms. The Kier molecular flexibility index (Phi) is 8.55. The smallest absolute Gasteiger partial charge is 0.136 e. The van der Waals surface area contributed by atoms with Crippen molar-refractivity contribution in [2.75, 3.05) is 4.90 Å². The maximum atomic E-state index is 6.27. The van der Waals surface area contributed by atoms with Crippen molar-refractivity contribution in [1.82, 2.24) is 0 Å². The standard InChI is InChI=1S/C54H37NO/c1-3-11-38(12-4-1)40-21-25-42(26-22-40)44-29-33-47(34-30-44)55(48-35-31-45(32-36-48)43-27-23-41(24-28-43)39-13-5-2-6-14-39)49-16-9-15-46(37-49)50-18-10-20-53-54(50)51-17-7-8-19-52(51)56-53/h1-37H. The zero-order valence-electron chi connectivity index (χ0n) is 30.7. The van der Waals surface area contributed by atoms with Gasteiger partial charge in [0.2, 0.25) is 0 Å². The summed E-state index contributed by atoms with van der Waals surface area (Å²) in [5, 5.41) is 2.26.